The molecule has 0 saturated carbocycles. The number of sulfonamides is 1. The van der Waals surface area contributed by atoms with E-state index in [1.807, 2.05) is 49.4 Å². The van der Waals surface area contributed by atoms with Crippen LogP contribution in [0.4, 0.5) is 5.69 Å². The quantitative estimate of drug-likeness (QED) is 0.568. The lowest BCUT2D eigenvalue weighted by Gasteiger charge is -2.35. The molecule has 1 aliphatic rings. The van der Waals surface area contributed by atoms with Crippen molar-refractivity contribution in [1.29, 1.82) is 0 Å². The summed E-state index contributed by atoms with van der Waals surface area (Å²) in [5.41, 5.74) is 3.33. The Morgan fingerprint density at radius 2 is 1.67 bits per heavy atom. The normalized spacial score (nSPS) is 16.4. The van der Waals surface area contributed by atoms with E-state index in [4.69, 9.17) is 4.74 Å². The van der Waals surface area contributed by atoms with Crippen molar-refractivity contribution in [3.8, 4) is 5.75 Å². The van der Waals surface area contributed by atoms with Gasteiger partial charge in [0.25, 0.3) is 5.91 Å². The number of fused-ring (bicyclic) bond motifs is 1. The number of hydrogen-bond acceptors (Lipinski definition) is 4. The Balaban J connectivity index is 1.54. The number of rotatable bonds is 7. The highest BCUT2D eigenvalue weighted by Gasteiger charge is 2.37. The first-order valence-electron chi connectivity index (χ1n) is 11.1. The number of nitrogens with zero attached hydrogens (tertiary/aromatic N) is 1. The molecule has 0 spiro atoms. The van der Waals surface area contributed by atoms with Crippen molar-refractivity contribution in [2.75, 3.05) is 10.8 Å². The first-order valence-corrected chi connectivity index (χ1v) is 12.7. The van der Waals surface area contributed by atoms with Crippen molar-refractivity contribution in [3.05, 3.63) is 95.6 Å². The van der Waals surface area contributed by atoms with E-state index in [9.17, 15) is 13.2 Å². The van der Waals surface area contributed by atoms with E-state index in [-0.39, 0.29) is 24.2 Å². The van der Waals surface area contributed by atoms with Crippen molar-refractivity contribution >= 4 is 21.6 Å². The maximum atomic E-state index is 13.3. The second-order valence-electron chi connectivity index (χ2n) is 8.17. The minimum atomic E-state index is -3.73. The van der Waals surface area contributed by atoms with Crippen LogP contribution in [0, 0.1) is 0 Å². The van der Waals surface area contributed by atoms with E-state index in [1.165, 1.54) is 9.87 Å². The monoisotopic (exact) mass is 464 g/mol. The van der Waals surface area contributed by atoms with Crippen molar-refractivity contribution in [3.63, 3.8) is 0 Å². The molecular formula is C26H28N2O4S. The number of anilines is 1. The van der Waals surface area contributed by atoms with Crippen LogP contribution in [-0.2, 0) is 27.0 Å². The fraction of sp³-hybridized carbons (Fsp3) is 0.269. The molecule has 1 N–H and O–H groups in total. The van der Waals surface area contributed by atoms with E-state index >= 15 is 0 Å². The first kappa shape index (κ1) is 22.9. The lowest BCUT2D eigenvalue weighted by molar-refractivity contribution is -0.128. The van der Waals surface area contributed by atoms with Crippen LogP contribution in [0.3, 0.4) is 0 Å². The molecule has 3 aromatic carbocycles. The van der Waals surface area contributed by atoms with E-state index in [1.54, 1.807) is 36.4 Å². The van der Waals surface area contributed by atoms with Gasteiger partial charge in [-0.1, -0.05) is 73.7 Å². The minimum Gasteiger partial charge on any atom is -0.476 e. The Hall–Kier alpha value is -3.32. The maximum absolute atomic E-state index is 13.3. The summed E-state index contributed by atoms with van der Waals surface area (Å²) in [7, 11) is -3.73. The molecule has 4 rings (SSSR count). The van der Waals surface area contributed by atoms with Crippen LogP contribution in [0.5, 0.6) is 5.75 Å². The highest BCUT2D eigenvalue weighted by Crippen LogP contribution is 2.36. The molecule has 0 aliphatic carbocycles. The van der Waals surface area contributed by atoms with Gasteiger partial charge in [-0.3, -0.25) is 9.10 Å². The molecule has 0 radical (unpaired) electrons. The predicted molar refractivity (Wildman–Crippen MR) is 130 cm³/mol. The molecule has 172 valence electrons. The van der Waals surface area contributed by atoms with Crippen molar-refractivity contribution < 1.29 is 17.9 Å². The zero-order chi connectivity index (χ0) is 23.4. The molecule has 2 atom stereocenters. The van der Waals surface area contributed by atoms with Crippen molar-refractivity contribution in [2.45, 2.75) is 38.2 Å². The van der Waals surface area contributed by atoms with Gasteiger partial charge in [-0.15, -0.1) is 0 Å². The Morgan fingerprint density at radius 1 is 1.00 bits per heavy atom. The number of carbonyl (C=O) groups is 1. The van der Waals surface area contributed by atoms with Crippen LogP contribution in [-0.4, -0.2) is 27.0 Å². The summed E-state index contributed by atoms with van der Waals surface area (Å²) in [5.74, 6) is -0.131. The van der Waals surface area contributed by atoms with Gasteiger partial charge < -0.3 is 10.1 Å². The average molecular weight is 465 g/mol. The highest BCUT2D eigenvalue weighted by atomic mass is 32.2. The lowest BCUT2D eigenvalue weighted by atomic mass is 10.0. The largest absolute Gasteiger partial charge is 0.476 e. The molecule has 0 aromatic heterocycles. The zero-order valence-corrected chi connectivity index (χ0v) is 19.6. The third kappa shape index (κ3) is 5.20. The molecule has 1 amide bonds. The molecule has 1 aliphatic heterocycles. The summed E-state index contributed by atoms with van der Waals surface area (Å²) in [6, 6.07) is 23.8. The van der Waals surface area contributed by atoms with Gasteiger partial charge in [-0.25, -0.2) is 8.42 Å². The third-order valence-corrected chi connectivity index (χ3v) is 7.52. The van der Waals surface area contributed by atoms with Crippen LogP contribution in [0.1, 0.15) is 36.6 Å². The second kappa shape index (κ2) is 9.67. The standard InChI is InChI=1S/C26H28N2O4S/c1-3-20-13-15-22(16-14-20)19(2)27-26(29)25-17-28(23-11-7-8-12-24(23)32-25)33(30,31)18-21-9-5-4-6-10-21/h4-16,19,25H,3,17-18H2,1-2H3,(H,27,29). The molecule has 0 fully saturated rings. The van der Waals surface area contributed by atoms with Gasteiger partial charge in [-0.2, -0.15) is 0 Å². The number of nitrogens with one attached hydrogen (secondary N) is 1. The Bertz CT molecular complexity index is 1210. The zero-order valence-electron chi connectivity index (χ0n) is 18.8. The Labute approximate surface area is 195 Å². The number of amides is 1. The molecule has 0 saturated heterocycles. The Kier molecular flexibility index (Phi) is 6.70. The van der Waals surface area contributed by atoms with Gasteiger partial charge in [-0.05, 0) is 42.2 Å². The number of benzene rings is 3. The summed E-state index contributed by atoms with van der Waals surface area (Å²) < 4.78 is 33.9. The van der Waals surface area contributed by atoms with E-state index in [2.05, 4.69) is 12.2 Å². The number of aryl methyl sites for hydroxylation is 1. The van der Waals surface area contributed by atoms with Crippen LogP contribution in [0.15, 0.2) is 78.9 Å². The topological polar surface area (TPSA) is 75.7 Å². The smallest absolute Gasteiger partial charge is 0.263 e. The fourth-order valence-corrected chi connectivity index (χ4v) is 5.48. The lowest BCUT2D eigenvalue weighted by Crippen LogP contribution is -2.51. The summed E-state index contributed by atoms with van der Waals surface area (Å²) in [6.07, 6.45) is -0.00768. The van der Waals surface area contributed by atoms with E-state index in [0.717, 1.165) is 12.0 Å². The van der Waals surface area contributed by atoms with Crippen LogP contribution in [0.2, 0.25) is 0 Å². The molecule has 3 aromatic rings. The summed E-state index contributed by atoms with van der Waals surface area (Å²) in [6.45, 7) is 3.91. The molecule has 6 nitrogen and oxygen atoms in total. The van der Waals surface area contributed by atoms with Crippen molar-refractivity contribution in [1.82, 2.24) is 5.32 Å². The van der Waals surface area contributed by atoms with Crippen LogP contribution < -0.4 is 14.4 Å². The van der Waals surface area contributed by atoms with Crippen LogP contribution >= 0.6 is 0 Å². The van der Waals surface area contributed by atoms with Crippen molar-refractivity contribution in [2.24, 2.45) is 0 Å². The molecule has 7 heteroatoms. The van der Waals surface area contributed by atoms with Gasteiger partial charge in [0.1, 0.15) is 5.75 Å². The summed E-state index contributed by atoms with van der Waals surface area (Å²) in [4.78, 5) is 13.1. The second-order valence-corrected chi connectivity index (χ2v) is 10.1. The molecule has 33 heavy (non-hydrogen) atoms. The number of para-hydroxylation sites is 2. The first-order chi connectivity index (χ1) is 15.9. The molecule has 2 unspecified atom stereocenters. The average Bonchev–Trinajstić information content (AvgIpc) is 2.83. The van der Waals surface area contributed by atoms with E-state index in [0.29, 0.717) is 17.0 Å². The summed E-state index contributed by atoms with van der Waals surface area (Å²) in [5, 5.41) is 2.97. The highest BCUT2D eigenvalue weighted by molar-refractivity contribution is 7.92. The Morgan fingerprint density at radius 3 is 2.36 bits per heavy atom. The summed E-state index contributed by atoms with van der Waals surface area (Å²) >= 11 is 0. The van der Waals surface area contributed by atoms with Crippen LogP contribution in [0.25, 0.3) is 0 Å². The van der Waals surface area contributed by atoms with Gasteiger partial charge in [0, 0.05) is 0 Å². The van der Waals surface area contributed by atoms with Gasteiger partial charge in [0.15, 0.2) is 6.10 Å². The van der Waals surface area contributed by atoms with Gasteiger partial charge >= 0.3 is 0 Å². The van der Waals surface area contributed by atoms with Gasteiger partial charge in [0.2, 0.25) is 10.0 Å². The molecule has 1 heterocycles. The van der Waals surface area contributed by atoms with E-state index < -0.39 is 16.1 Å². The molecule has 0 bridgehead atoms. The molecular weight excluding hydrogens is 436 g/mol. The van der Waals surface area contributed by atoms with Gasteiger partial charge in [0.05, 0.1) is 24.0 Å². The number of carbonyl (C=O) groups excluding carboxylic acids is 1. The fourth-order valence-electron chi connectivity index (χ4n) is 3.90. The SMILES string of the molecule is CCc1ccc(C(C)NC(=O)C2CN(S(=O)(=O)Cc3ccccc3)c3ccccc3O2)cc1. The maximum Gasteiger partial charge on any atom is 0.263 e. The minimum absolute atomic E-state index is 0.0838. The number of ether oxygens (including phenoxy) is 1. The predicted octanol–water partition coefficient (Wildman–Crippen LogP) is 4.22. The third-order valence-electron chi connectivity index (χ3n) is 5.80. The number of hydrogen-bond donors (Lipinski definition) is 1.